The number of nitrogens with two attached hydrogens (primary N) is 1. The summed E-state index contributed by atoms with van der Waals surface area (Å²) in [5, 5.41) is 0.755. The first-order chi connectivity index (χ1) is 8.56. The van der Waals surface area contributed by atoms with Gasteiger partial charge in [-0.3, -0.25) is 0 Å². The third-order valence-corrected chi connectivity index (χ3v) is 3.87. The van der Waals surface area contributed by atoms with Crippen LogP contribution in [0.1, 0.15) is 18.5 Å². The van der Waals surface area contributed by atoms with E-state index >= 15 is 0 Å². The third kappa shape index (κ3) is 3.31. The molecule has 2 rings (SSSR count). The van der Waals surface area contributed by atoms with Gasteiger partial charge in [-0.1, -0.05) is 17.8 Å². The van der Waals surface area contributed by atoms with E-state index < -0.39 is 0 Å². The smallest absolute Gasteiger partial charge is 0.137 e. The van der Waals surface area contributed by atoms with Gasteiger partial charge >= 0.3 is 0 Å². The van der Waals surface area contributed by atoms with Gasteiger partial charge in [0.2, 0.25) is 0 Å². The predicted octanol–water partition coefficient (Wildman–Crippen LogP) is 4.15. The van der Waals surface area contributed by atoms with Crippen LogP contribution in [0.4, 0.5) is 4.39 Å². The summed E-state index contributed by atoms with van der Waals surface area (Å²) in [5.41, 5.74) is 6.50. The lowest BCUT2D eigenvalue weighted by atomic mass is 10.1. The number of hydrogen-bond acceptors (Lipinski definition) is 3. The quantitative estimate of drug-likeness (QED) is 0.920. The summed E-state index contributed by atoms with van der Waals surface area (Å²) < 4.78 is 14.8. The maximum absolute atomic E-state index is 13.9. The monoisotopic (exact) mass is 326 g/mol. The lowest BCUT2D eigenvalue weighted by molar-refractivity contribution is 0.596. The number of hydrogen-bond donors (Lipinski definition) is 1. The number of rotatable bonds is 3. The largest absolute Gasteiger partial charge is 0.324 e. The number of nitrogens with zero attached hydrogens (tertiary/aromatic N) is 1. The van der Waals surface area contributed by atoms with Crippen LogP contribution >= 0.6 is 27.7 Å². The van der Waals surface area contributed by atoms with Gasteiger partial charge in [-0.2, -0.15) is 0 Å². The molecule has 0 aliphatic carbocycles. The number of halogens is 2. The standard InChI is InChI=1S/C13H12BrFN2S/c1-8(16)9-2-4-12(11(15)6-9)18-13-5-3-10(14)7-17-13/h2-8H,16H2,1H3/t8-/m1/s1. The first-order valence-electron chi connectivity index (χ1n) is 5.40. The molecule has 0 unspecified atom stereocenters. The Morgan fingerprint density at radius 3 is 2.67 bits per heavy atom. The van der Waals surface area contributed by atoms with E-state index in [0.29, 0.717) is 4.90 Å². The van der Waals surface area contributed by atoms with E-state index in [1.54, 1.807) is 12.3 Å². The minimum atomic E-state index is -0.264. The number of benzene rings is 1. The molecule has 5 heteroatoms. The molecule has 1 aromatic carbocycles. The fourth-order valence-corrected chi connectivity index (χ4v) is 2.41. The molecule has 2 N–H and O–H groups in total. The SMILES string of the molecule is C[C@@H](N)c1ccc(Sc2ccc(Br)cn2)c(F)c1. The van der Waals surface area contributed by atoms with E-state index in [1.165, 1.54) is 17.8 Å². The summed E-state index contributed by atoms with van der Waals surface area (Å²) in [4.78, 5) is 4.75. The highest BCUT2D eigenvalue weighted by molar-refractivity contribution is 9.10. The van der Waals surface area contributed by atoms with E-state index in [9.17, 15) is 4.39 Å². The maximum Gasteiger partial charge on any atom is 0.137 e. The van der Waals surface area contributed by atoms with Crippen LogP contribution in [0.2, 0.25) is 0 Å². The summed E-state index contributed by atoms with van der Waals surface area (Å²) in [5.74, 6) is -0.264. The second-order valence-corrected chi connectivity index (χ2v) is 5.87. The van der Waals surface area contributed by atoms with Crippen molar-refractivity contribution < 1.29 is 4.39 Å². The lowest BCUT2D eigenvalue weighted by Gasteiger charge is -2.08. The predicted molar refractivity (Wildman–Crippen MR) is 75.1 cm³/mol. The average Bonchev–Trinajstić information content (AvgIpc) is 2.34. The van der Waals surface area contributed by atoms with Crippen molar-refractivity contribution >= 4 is 27.7 Å². The Bertz CT molecular complexity index is 543. The van der Waals surface area contributed by atoms with Crippen molar-refractivity contribution in [2.24, 2.45) is 5.73 Å². The molecule has 18 heavy (non-hydrogen) atoms. The summed E-state index contributed by atoms with van der Waals surface area (Å²) in [6, 6.07) is 8.62. The minimum Gasteiger partial charge on any atom is -0.324 e. The molecule has 0 saturated heterocycles. The van der Waals surface area contributed by atoms with Gasteiger partial charge in [0.15, 0.2) is 0 Å². The first-order valence-corrected chi connectivity index (χ1v) is 7.01. The highest BCUT2D eigenvalue weighted by Gasteiger charge is 2.08. The second-order valence-electron chi connectivity index (χ2n) is 3.90. The van der Waals surface area contributed by atoms with Crippen LogP contribution in [-0.4, -0.2) is 4.98 Å². The Morgan fingerprint density at radius 2 is 2.11 bits per heavy atom. The van der Waals surface area contributed by atoms with Gasteiger partial charge in [-0.15, -0.1) is 0 Å². The van der Waals surface area contributed by atoms with Crippen molar-refractivity contribution in [2.75, 3.05) is 0 Å². The first kappa shape index (κ1) is 13.5. The van der Waals surface area contributed by atoms with Crippen LogP contribution in [0.5, 0.6) is 0 Å². The Labute approximate surface area is 118 Å². The van der Waals surface area contributed by atoms with E-state index in [-0.39, 0.29) is 11.9 Å². The van der Waals surface area contributed by atoms with Gasteiger partial charge in [-0.05, 0) is 52.7 Å². The maximum atomic E-state index is 13.9. The number of pyridine rings is 1. The van der Waals surface area contributed by atoms with Crippen LogP contribution in [0.25, 0.3) is 0 Å². The topological polar surface area (TPSA) is 38.9 Å². The molecule has 1 atom stereocenters. The van der Waals surface area contributed by atoms with Gasteiger partial charge in [0.25, 0.3) is 0 Å². The molecule has 0 aliphatic heterocycles. The Morgan fingerprint density at radius 1 is 1.33 bits per heavy atom. The Balaban J connectivity index is 2.22. The minimum absolute atomic E-state index is 0.163. The van der Waals surface area contributed by atoms with Crippen LogP contribution < -0.4 is 5.73 Å². The molecule has 1 aromatic heterocycles. The van der Waals surface area contributed by atoms with Gasteiger partial charge in [0, 0.05) is 21.6 Å². The van der Waals surface area contributed by atoms with E-state index in [4.69, 9.17) is 5.73 Å². The Kier molecular flexibility index (Phi) is 4.37. The summed E-state index contributed by atoms with van der Waals surface area (Å²) in [7, 11) is 0. The molecule has 0 bridgehead atoms. The van der Waals surface area contributed by atoms with Gasteiger partial charge in [0.05, 0.1) is 0 Å². The molecule has 2 nitrogen and oxygen atoms in total. The zero-order valence-electron chi connectivity index (χ0n) is 9.73. The molecule has 94 valence electrons. The molecule has 0 aliphatic rings. The van der Waals surface area contributed by atoms with Crippen molar-refractivity contribution in [3.8, 4) is 0 Å². The zero-order valence-corrected chi connectivity index (χ0v) is 12.1. The van der Waals surface area contributed by atoms with Crippen molar-refractivity contribution in [2.45, 2.75) is 22.9 Å². The highest BCUT2D eigenvalue weighted by atomic mass is 79.9. The van der Waals surface area contributed by atoms with Crippen molar-refractivity contribution in [3.05, 3.63) is 52.4 Å². The molecular formula is C13H12BrFN2S. The molecule has 2 aromatic rings. The number of aromatic nitrogens is 1. The van der Waals surface area contributed by atoms with Crippen LogP contribution in [0.3, 0.4) is 0 Å². The normalized spacial score (nSPS) is 12.4. The molecule has 0 saturated carbocycles. The molecule has 1 heterocycles. The molecular weight excluding hydrogens is 315 g/mol. The van der Waals surface area contributed by atoms with Crippen LogP contribution in [0, 0.1) is 5.82 Å². The summed E-state index contributed by atoms with van der Waals surface area (Å²) in [6.45, 7) is 1.83. The van der Waals surface area contributed by atoms with Crippen LogP contribution in [0.15, 0.2) is 50.9 Å². The average molecular weight is 327 g/mol. The summed E-state index contributed by atoms with van der Waals surface area (Å²) >= 11 is 4.61. The van der Waals surface area contributed by atoms with Crippen molar-refractivity contribution in [3.63, 3.8) is 0 Å². The van der Waals surface area contributed by atoms with Gasteiger partial charge < -0.3 is 5.73 Å². The Hall–Kier alpha value is -0.910. The summed E-state index contributed by atoms with van der Waals surface area (Å²) in [6.07, 6.45) is 1.69. The van der Waals surface area contributed by atoms with Crippen molar-refractivity contribution in [1.82, 2.24) is 4.98 Å². The van der Waals surface area contributed by atoms with E-state index in [2.05, 4.69) is 20.9 Å². The fourth-order valence-electron chi connectivity index (χ4n) is 1.42. The molecule has 0 fully saturated rings. The third-order valence-electron chi connectivity index (χ3n) is 2.40. The molecule has 0 spiro atoms. The fraction of sp³-hybridized carbons (Fsp3) is 0.154. The second kappa shape index (κ2) is 5.82. The molecule has 0 radical (unpaired) electrons. The highest BCUT2D eigenvalue weighted by Crippen LogP contribution is 2.30. The molecule has 0 amide bonds. The van der Waals surface area contributed by atoms with Gasteiger partial charge in [0.1, 0.15) is 10.8 Å². The van der Waals surface area contributed by atoms with Crippen LogP contribution in [-0.2, 0) is 0 Å². The zero-order chi connectivity index (χ0) is 13.1. The van der Waals surface area contributed by atoms with Crippen molar-refractivity contribution in [1.29, 1.82) is 0 Å². The lowest BCUT2D eigenvalue weighted by Crippen LogP contribution is -2.05. The van der Waals surface area contributed by atoms with Gasteiger partial charge in [-0.25, -0.2) is 9.37 Å². The van der Waals surface area contributed by atoms with E-state index in [0.717, 1.165) is 15.1 Å². The van der Waals surface area contributed by atoms with E-state index in [1.807, 2.05) is 25.1 Å².